The Morgan fingerprint density at radius 1 is 0.706 bits per heavy atom. The fraction of sp³-hybridized carbons (Fsp3) is 0.286. The lowest BCUT2D eigenvalue weighted by molar-refractivity contribution is 0.0681. The topological polar surface area (TPSA) is 115 Å². The summed E-state index contributed by atoms with van der Waals surface area (Å²) in [6.07, 6.45) is 1.89. The van der Waals surface area contributed by atoms with Gasteiger partial charge in [-0.05, 0) is 69.5 Å². The van der Waals surface area contributed by atoms with Crippen LogP contribution in [-0.2, 0) is 0 Å². The van der Waals surface area contributed by atoms with Crippen molar-refractivity contribution in [1.82, 2.24) is 0 Å². The van der Waals surface area contributed by atoms with Gasteiger partial charge < -0.3 is 20.4 Å². The molecule has 0 radical (unpaired) electrons. The zero-order valence-corrected chi connectivity index (χ0v) is 20.2. The molecule has 0 aliphatic heterocycles. The number of aryl methyl sites for hydroxylation is 4. The Balaban J connectivity index is 0.000000287. The van der Waals surface area contributed by atoms with Gasteiger partial charge in [0.15, 0.2) is 0 Å². The van der Waals surface area contributed by atoms with Gasteiger partial charge in [0.25, 0.3) is 0 Å². The fourth-order valence-electron chi connectivity index (χ4n) is 4.04. The first kappa shape index (κ1) is 26.5. The summed E-state index contributed by atoms with van der Waals surface area (Å²) in [5.74, 6) is -1.41. The van der Waals surface area contributed by atoms with Crippen LogP contribution < -0.4 is 0 Å². The molecule has 0 fully saturated rings. The van der Waals surface area contributed by atoms with Crippen molar-refractivity contribution in [1.29, 1.82) is 0 Å². The number of phenols is 2. The summed E-state index contributed by atoms with van der Waals surface area (Å²) in [6, 6.07) is 13.1. The highest BCUT2D eigenvalue weighted by Crippen LogP contribution is 2.41. The predicted molar refractivity (Wildman–Crippen MR) is 132 cm³/mol. The summed E-state index contributed by atoms with van der Waals surface area (Å²) >= 11 is 0. The molecule has 0 amide bonds. The molecular weight excluding hydrogens is 432 g/mol. The minimum Gasteiger partial charge on any atom is -0.507 e. The highest BCUT2D eigenvalue weighted by molar-refractivity contribution is 5.91. The van der Waals surface area contributed by atoms with Gasteiger partial charge in [-0.25, -0.2) is 9.59 Å². The average molecular weight is 465 g/mol. The van der Waals surface area contributed by atoms with Crippen molar-refractivity contribution in [3.8, 4) is 11.5 Å². The Morgan fingerprint density at radius 2 is 1.06 bits per heavy atom. The number of rotatable bonds is 6. The van der Waals surface area contributed by atoms with E-state index in [1.807, 2.05) is 52.0 Å². The molecule has 0 unspecified atom stereocenters. The second-order valence-corrected chi connectivity index (χ2v) is 8.57. The van der Waals surface area contributed by atoms with Crippen LogP contribution in [0.15, 0.2) is 48.5 Å². The quantitative estimate of drug-likeness (QED) is 0.338. The number of carboxylic acid groups (broad SMARTS) is 2. The molecule has 3 aromatic rings. The third-order valence-electron chi connectivity index (χ3n) is 5.66. The molecule has 0 saturated carbocycles. The van der Waals surface area contributed by atoms with Gasteiger partial charge in [-0.1, -0.05) is 48.7 Å². The summed E-state index contributed by atoms with van der Waals surface area (Å²) in [7, 11) is 0. The lowest BCUT2D eigenvalue weighted by Gasteiger charge is -2.22. The van der Waals surface area contributed by atoms with Crippen LogP contribution in [0.5, 0.6) is 11.5 Å². The SMILES string of the molecule is CCCC(c1cc(C)cc(C)c1O)c1cc(C)cc(C)c1O.O=C(O)c1ccc(C(=O)O)cc1. The monoisotopic (exact) mass is 464 g/mol. The van der Waals surface area contributed by atoms with Gasteiger partial charge >= 0.3 is 11.9 Å². The molecule has 0 aliphatic rings. The van der Waals surface area contributed by atoms with Crippen molar-refractivity contribution in [2.24, 2.45) is 0 Å². The Kier molecular flexibility index (Phi) is 8.84. The number of benzene rings is 3. The van der Waals surface area contributed by atoms with Crippen molar-refractivity contribution in [3.05, 3.63) is 93.0 Å². The first-order valence-corrected chi connectivity index (χ1v) is 11.1. The maximum atomic E-state index is 10.5. The van der Waals surface area contributed by atoms with Crippen LogP contribution in [0, 0.1) is 27.7 Å². The number of hydrogen-bond acceptors (Lipinski definition) is 4. The normalized spacial score (nSPS) is 10.5. The Labute approximate surface area is 200 Å². The number of carboxylic acids is 2. The summed E-state index contributed by atoms with van der Waals surface area (Å²) in [4.78, 5) is 20.7. The molecule has 0 aliphatic carbocycles. The van der Waals surface area contributed by atoms with Gasteiger partial charge in [-0.2, -0.15) is 0 Å². The lowest BCUT2D eigenvalue weighted by atomic mass is 9.83. The zero-order chi connectivity index (χ0) is 25.6. The van der Waals surface area contributed by atoms with E-state index < -0.39 is 11.9 Å². The van der Waals surface area contributed by atoms with E-state index in [0.717, 1.165) is 46.2 Å². The molecule has 34 heavy (non-hydrogen) atoms. The maximum absolute atomic E-state index is 10.5. The van der Waals surface area contributed by atoms with Crippen molar-refractivity contribution >= 4 is 11.9 Å². The van der Waals surface area contributed by atoms with Crippen molar-refractivity contribution in [2.75, 3.05) is 0 Å². The van der Waals surface area contributed by atoms with Gasteiger partial charge in [0, 0.05) is 17.0 Å². The number of aromatic hydroxyl groups is 2. The lowest BCUT2D eigenvalue weighted by Crippen LogP contribution is -2.04. The van der Waals surface area contributed by atoms with Gasteiger partial charge in [-0.15, -0.1) is 0 Å². The standard InChI is InChI=1S/C20H26O2.C8H6O4/c1-6-7-16(17-10-12(2)8-14(4)19(17)21)18-11-13(3)9-15(5)20(18)22;9-7(10)5-1-2-6(4-3-5)8(11)12/h8-11,16,21-22H,6-7H2,1-5H3;1-4H,(H,9,10)(H,11,12). The van der Waals surface area contributed by atoms with Crippen LogP contribution >= 0.6 is 0 Å². The molecule has 3 rings (SSSR count). The largest absolute Gasteiger partial charge is 0.507 e. The zero-order valence-electron chi connectivity index (χ0n) is 20.2. The molecule has 0 aromatic heterocycles. The van der Waals surface area contributed by atoms with Gasteiger partial charge in [0.1, 0.15) is 11.5 Å². The van der Waals surface area contributed by atoms with E-state index in [-0.39, 0.29) is 17.0 Å². The Morgan fingerprint density at radius 3 is 1.35 bits per heavy atom. The van der Waals surface area contributed by atoms with Crippen LogP contribution in [0.4, 0.5) is 0 Å². The van der Waals surface area contributed by atoms with Gasteiger partial charge in [0.2, 0.25) is 0 Å². The predicted octanol–water partition coefficient (Wildman–Crippen LogP) is 6.35. The summed E-state index contributed by atoms with van der Waals surface area (Å²) in [6.45, 7) is 10.1. The summed E-state index contributed by atoms with van der Waals surface area (Å²) in [5.41, 5.74) is 6.05. The number of aromatic carboxylic acids is 2. The highest BCUT2D eigenvalue weighted by atomic mass is 16.4. The molecule has 3 aromatic carbocycles. The van der Waals surface area contributed by atoms with Crippen molar-refractivity contribution in [3.63, 3.8) is 0 Å². The number of hydrogen-bond donors (Lipinski definition) is 4. The van der Waals surface area contributed by atoms with Crippen molar-refractivity contribution < 1.29 is 30.0 Å². The van der Waals surface area contributed by atoms with Crippen LogP contribution in [-0.4, -0.2) is 32.4 Å². The van der Waals surface area contributed by atoms with E-state index >= 15 is 0 Å². The minimum atomic E-state index is -1.06. The molecular formula is C28H32O6. The van der Waals surface area contributed by atoms with E-state index in [0.29, 0.717) is 11.5 Å². The molecule has 4 N–H and O–H groups in total. The molecule has 0 atom stereocenters. The first-order chi connectivity index (χ1) is 16.0. The molecule has 180 valence electrons. The number of phenolic OH excluding ortho intramolecular Hbond substituents is 2. The van der Waals surface area contributed by atoms with Gasteiger partial charge in [0.05, 0.1) is 11.1 Å². The van der Waals surface area contributed by atoms with E-state index in [9.17, 15) is 19.8 Å². The Bertz CT molecular complexity index is 1090. The van der Waals surface area contributed by atoms with Crippen LogP contribution in [0.1, 0.15) is 79.8 Å². The van der Waals surface area contributed by atoms with Gasteiger partial charge in [-0.3, -0.25) is 0 Å². The van der Waals surface area contributed by atoms with E-state index in [1.54, 1.807) is 0 Å². The molecule has 6 nitrogen and oxygen atoms in total. The molecule has 6 heteroatoms. The van der Waals surface area contributed by atoms with E-state index in [4.69, 9.17) is 10.2 Å². The van der Waals surface area contributed by atoms with Crippen molar-refractivity contribution in [2.45, 2.75) is 53.4 Å². The smallest absolute Gasteiger partial charge is 0.335 e. The van der Waals surface area contributed by atoms with E-state index in [2.05, 4.69) is 6.92 Å². The third kappa shape index (κ3) is 6.38. The fourth-order valence-corrected chi connectivity index (χ4v) is 4.04. The second-order valence-electron chi connectivity index (χ2n) is 8.57. The molecule has 0 spiro atoms. The second kappa shape index (κ2) is 11.4. The highest BCUT2D eigenvalue weighted by Gasteiger charge is 2.22. The molecule has 0 heterocycles. The Hall–Kier alpha value is -3.80. The minimum absolute atomic E-state index is 0.0159. The van der Waals surface area contributed by atoms with Crippen LogP contribution in [0.2, 0.25) is 0 Å². The average Bonchev–Trinajstić information content (AvgIpc) is 2.78. The molecule has 0 bridgehead atoms. The van der Waals surface area contributed by atoms with Crippen LogP contribution in [0.3, 0.4) is 0 Å². The third-order valence-corrected chi connectivity index (χ3v) is 5.66. The van der Waals surface area contributed by atoms with E-state index in [1.165, 1.54) is 24.3 Å². The number of carbonyl (C=O) groups is 2. The molecule has 0 saturated heterocycles. The summed E-state index contributed by atoms with van der Waals surface area (Å²) < 4.78 is 0. The summed E-state index contributed by atoms with van der Waals surface area (Å²) in [5, 5.41) is 38.0. The maximum Gasteiger partial charge on any atom is 0.335 e. The van der Waals surface area contributed by atoms with Crippen LogP contribution in [0.25, 0.3) is 0 Å². The first-order valence-electron chi connectivity index (χ1n) is 11.1.